The van der Waals surface area contributed by atoms with Gasteiger partial charge in [-0.3, -0.25) is 4.79 Å². The molecule has 1 aliphatic rings. The SMILES string of the molecule is CCC(C)n1ncc2c(cc3n2CC(C)(C)C3)c1=O. The van der Waals surface area contributed by atoms with Gasteiger partial charge < -0.3 is 4.57 Å². The molecule has 0 radical (unpaired) electrons. The summed E-state index contributed by atoms with van der Waals surface area (Å²) < 4.78 is 3.87. The molecule has 4 nitrogen and oxygen atoms in total. The zero-order valence-corrected chi connectivity index (χ0v) is 12.1. The zero-order valence-electron chi connectivity index (χ0n) is 12.1. The molecule has 0 saturated heterocycles. The number of rotatable bonds is 2. The van der Waals surface area contributed by atoms with E-state index in [-0.39, 0.29) is 17.0 Å². The first-order valence-electron chi connectivity index (χ1n) is 7.03. The second-order valence-electron chi connectivity index (χ2n) is 6.51. The summed E-state index contributed by atoms with van der Waals surface area (Å²) in [6, 6.07) is 2.22. The molecule has 2 aromatic heterocycles. The zero-order chi connectivity index (χ0) is 13.8. The van der Waals surface area contributed by atoms with Gasteiger partial charge in [-0.05, 0) is 31.2 Å². The Hall–Kier alpha value is -1.58. The first-order chi connectivity index (χ1) is 8.93. The fourth-order valence-corrected chi connectivity index (χ4v) is 3.02. The summed E-state index contributed by atoms with van der Waals surface area (Å²) in [7, 11) is 0. The molecule has 0 aromatic carbocycles. The molecular weight excluding hydrogens is 238 g/mol. The molecule has 1 atom stereocenters. The van der Waals surface area contributed by atoms with Crippen LogP contribution in [-0.2, 0) is 13.0 Å². The third-order valence-corrected chi connectivity index (χ3v) is 4.22. The minimum Gasteiger partial charge on any atom is -0.343 e. The quantitative estimate of drug-likeness (QED) is 0.832. The van der Waals surface area contributed by atoms with Crippen LogP contribution in [0.25, 0.3) is 10.9 Å². The van der Waals surface area contributed by atoms with Crippen LogP contribution in [0.15, 0.2) is 17.1 Å². The minimum absolute atomic E-state index is 0.0477. The van der Waals surface area contributed by atoms with Gasteiger partial charge in [0, 0.05) is 12.2 Å². The number of hydrogen-bond acceptors (Lipinski definition) is 2. The largest absolute Gasteiger partial charge is 0.343 e. The van der Waals surface area contributed by atoms with Crippen molar-refractivity contribution in [3.63, 3.8) is 0 Å². The summed E-state index contributed by atoms with van der Waals surface area (Å²) in [6.07, 6.45) is 3.80. The van der Waals surface area contributed by atoms with E-state index < -0.39 is 0 Å². The third kappa shape index (κ3) is 1.81. The van der Waals surface area contributed by atoms with Gasteiger partial charge in [-0.1, -0.05) is 20.8 Å². The molecule has 0 aliphatic carbocycles. The smallest absolute Gasteiger partial charge is 0.276 e. The van der Waals surface area contributed by atoms with Crippen LogP contribution in [0, 0.1) is 5.41 Å². The van der Waals surface area contributed by atoms with Gasteiger partial charge in [-0.15, -0.1) is 0 Å². The Morgan fingerprint density at radius 1 is 1.47 bits per heavy atom. The van der Waals surface area contributed by atoms with Gasteiger partial charge in [0.15, 0.2) is 0 Å². The van der Waals surface area contributed by atoms with E-state index in [0.717, 1.165) is 30.3 Å². The predicted octanol–water partition coefficient (Wildman–Crippen LogP) is 2.75. The summed E-state index contributed by atoms with van der Waals surface area (Å²) in [5.41, 5.74) is 2.59. The number of aromatic nitrogens is 3. The molecule has 0 saturated carbocycles. The lowest BCUT2D eigenvalue weighted by Gasteiger charge is -2.16. The highest BCUT2D eigenvalue weighted by Gasteiger charge is 2.30. The van der Waals surface area contributed by atoms with Gasteiger partial charge in [-0.2, -0.15) is 5.10 Å². The van der Waals surface area contributed by atoms with Crippen LogP contribution in [0.4, 0.5) is 0 Å². The van der Waals surface area contributed by atoms with E-state index in [4.69, 9.17) is 0 Å². The number of hydrogen-bond donors (Lipinski definition) is 0. The highest BCUT2D eigenvalue weighted by molar-refractivity contribution is 5.80. The van der Waals surface area contributed by atoms with Crippen molar-refractivity contribution >= 4 is 10.9 Å². The third-order valence-electron chi connectivity index (χ3n) is 4.22. The normalized spacial score (nSPS) is 18.7. The van der Waals surface area contributed by atoms with Crippen molar-refractivity contribution in [2.24, 2.45) is 5.41 Å². The van der Waals surface area contributed by atoms with Crippen LogP contribution >= 0.6 is 0 Å². The molecule has 3 rings (SSSR count). The van der Waals surface area contributed by atoms with Gasteiger partial charge in [0.05, 0.1) is 23.1 Å². The highest BCUT2D eigenvalue weighted by atomic mass is 16.1. The van der Waals surface area contributed by atoms with Crippen LogP contribution in [0.2, 0.25) is 0 Å². The molecule has 0 fully saturated rings. The number of fused-ring (bicyclic) bond motifs is 3. The Labute approximate surface area is 113 Å². The maximum atomic E-state index is 12.5. The van der Waals surface area contributed by atoms with Crippen molar-refractivity contribution in [1.82, 2.24) is 14.3 Å². The van der Waals surface area contributed by atoms with Crippen molar-refractivity contribution < 1.29 is 0 Å². The van der Waals surface area contributed by atoms with Gasteiger partial charge >= 0.3 is 0 Å². The van der Waals surface area contributed by atoms with E-state index in [1.807, 2.05) is 13.1 Å². The lowest BCUT2D eigenvalue weighted by atomic mass is 9.91. The molecule has 1 aliphatic heterocycles. The van der Waals surface area contributed by atoms with E-state index in [1.54, 1.807) is 4.68 Å². The van der Waals surface area contributed by atoms with Gasteiger partial charge in [-0.25, -0.2) is 4.68 Å². The summed E-state index contributed by atoms with van der Waals surface area (Å²) >= 11 is 0. The van der Waals surface area contributed by atoms with E-state index in [0.29, 0.717) is 0 Å². The van der Waals surface area contributed by atoms with Crippen molar-refractivity contribution in [3.05, 3.63) is 28.3 Å². The molecule has 1 unspecified atom stereocenters. The molecule has 0 spiro atoms. The Kier molecular flexibility index (Phi) is 2.59. The minimum atomic E-state index is 0.0477. The molecule has 0 amide bonds. The summed E-state index contributed by atoms with van der Waals surface area (Å²) in [5, 5.41) is 5.18. The van der Waals surface area contributed by atoms with Crippen LogP contribution in [0.1, 0.15) is 45.9 Å². The van der Waals surface area contributed by atoms with Crippen molar-refractivity contribution in [3.8, 4) is 0 Å². The standard InChI is InChI=1S/C15H21N3O/c1-5-10(2)18-14(19)12-6-11-7-15(3,4)9-17(11)13(12)8-16-18/h6,8,10H,5,7,9H2,1-4H3. The Morgan fingerprint density at radius 2 is 2.21 bits per heavy atom. The van der Waals surface area contributed by atoms with E-state index in [9.17, 15) is 4.79 Å². The molecular formula is C15H21N3O. The summed E-state index contributed by atoms with van der Waals surface area (Å²) in [5.74, 6) is 0. The monoisotopic (exact) mass is 259 g/mol. The van der Waals surface area contributed by atoms with Gasteiger partial charge in [0.25, 0.3) is 5.56 Å². The Morgan fingerprint density at radius 3 is 2.89 bits per heavy atom. The summed E-state index contributed by atoms with van der Waals surface area (Å²) in [6.45, 7) is 9.61. The molecule has 4 heteroatoms. The van der Waals surface area contributed by atoms with Crippen molar-refractivity contribution in [1.29, 1.82) is 0 Å². The molecule has 3 heterocycles. The van der Waals surface area contributed by atoms with Crippen molar-refractivity contribution in [2.45, 2.75) is 53.1 Å². The summed E-state index contributed by atoms with van der Waals surface area (Å²) in [4.78, 5) is 12.5. The molecule has 0 bridgehead atoms. The van der Waals surface area contributed by atoms with E-state index in [1.165, 1.54) is 5.69 Å². The molecule has 19 heavy (non-hydrogen) atoms. The van der Waals surface area contributed by atoms with Gasteiger partial charge in [0.1, 0.15) is 0 Å². The maximum absolute atomic E-state index is 12.5. The average molecular weight is 259 g/mol. The Bertz CT molecular complexity index is 693. The Balaban J connectivity index is 2.19. The molecule has 102 valence electrons. The molecule has 0 N–H and O–H groups in total. The number of nitrogens with zero attached hydrogens (tertiary/aromatic N) is 3. The highest BCUT2D eigenvalue weighted by Crippen LogP contribution is 2.35. The topological polar surface area (TPSA) is 39.8 Å². The second kappa shape index (κ2) is 3.95. The van der Waals surface area contributed by atoms with E-state index in [2.05, 4.69) is 36.5 Å². The van der Waals surface area contributed by atoms with Crippen LogP contribution in [-0.4, -0.2) is 14.3 Å². The fourth-order valence-electron chi connectivity index (χ4n) is 3.02. The van der Waals surface area contributed by atoms with Crippen molar-refractivity contribution in [2.75, 3.05) is 0 Å². The van der Waals surface area contributed by atoms with Gasteiger partial charge in [0.2, 0.25) is 0 Å². The first-order valence-corrected chi connectivity index (χ1v) is 7.03. The maximum Gasteiger partial charge on any atom is 0.276 e. The predicted molar refractivity (Wildman–Crippen MR) is 76.5 cm³/mol. The van der Waals surface area contributed by atoms with Crippen LogP contribution in [0.5, 0.6) is 0 Å². The van der Waals surface area contributed by atoms with Crippen LogP contribution < -0.4 is 5.56 Å². The average Bonchev–Trinajstić information content (AvgIpc) is 2.82. The lowest BCUT2D eigenvalue weighted by Crippen LogP contribution is -2.25. The second-order valence-corrected chi connectivity index (χ2v) is 6.51. The van der Waals surface area contributed by atoms with E-state index >= 15 is 0 Å². The molecule has 2 aromatic rings. The fraction of sp³-hybridized carbons (Fsp3) is 0.600. The first kappa shape index (κ1) is 12.5. The van der Waals surface area contributed by atoms with Crippen LogP contribution in [0.3, 0.4) is 0 Å². The lowest BCUT2D eigenvalue weighted by molar-refractivity contribution is 0.362.